The zero-order valence-electron chi connectivity index (χ0n) is 23.9. The van der Waals surface area contributed by atoms with Crippen molar-refractivity contribution in [2.24, 2.45) is 0 Å². The van der Waals surface area contributed by atoms with Gasteiger partial charge >= 0.3 is 0 Å². The Labute approximate surface area is 240 Å². The predicted octanol–water partition coefficient (Wildman–Crippen LogP) is 5.41. The third kappa shape index (κ3) is 5.19. The standard InChI is InChI=1S/C32H38F2N6O/c1-4-24(5-2)38-14-16-39(17-15-38)29-10-7-23(19-26(29)32(3,33)34)37-27-9-11-28(40-13-12-35-30(27)40)21-6-8-25-22(18-21)20-36-31(25)41/h6-13,18-19,24,30,35,37H,4-5,14-17,20H2,1-3H3,(H,36,41). The number of alkyl halides is 2. The smallest absolute Gasteiger partial charge is 0.272 e. The van der Waals surface area contributed by atoms with E-state index < -0.39 is 5.92 Å². The third-order valence-corrected chi connectivity index (χ3v) is 8.72. The molecule has 0 bridgehead atoms. The highest BCUT2D eigenvalue weighted by Gasteiger charge is 2.33. The van der Waals surface area contributed by atoms with Crippen molar-refractivity contribution < 1.29 is 13.6 Å². The minimum Gasteiger partial charge on any atom is -0.369 e. The Morgan fingerprint density at radius 2 is 1.83 bits per heavy atom. The summed E-state index contributed by atoms with van der Waals surface area (Å²) in [6.07, 6.45) is 9.87. The molecule has 1 saturated heterocycles. The van der Waals surface area contributed by atoms with Crippen LogP contribution >= 0.6 is 0 Å². The van der Waals surface area contributed by atoms with E-state index in [0.29, 0.717) is 24.0 Å². The fourth-order valence-corrected chi connectivity index (χ4v) is 6.47. The molecule has 0 saturated carbocycles. The van der Waals surface area contributed by atoms with Crippen LogP contribution in [0.5, 0.6) is 0 Å². The van der Waals surface area contributed by atoms with Crippen LogP contribution in [0.2, 0.25) is 0 Å². The van der Waals surface area contributed by atoms with Gasteiger partial charge in [-0.2, -0.15) is 0 Å². The molecule has 1 atom stereocenters. The van der Waals surface area contributed by atoms with Crippen LogP contribution < -0.4 is 20.9 Å². The minimum absolute atomic E-state index is 0.0388. The van der Waals surface area contributed by atoms with Gasteiger partial charge in [0.1, 0.15) is 6.17 Å². The van der Waals surface area contributed by atoms with Crippen LogP contribution in [0, 0.1) is 0 Å². The molecule has 9 heteroatoms. The molecule has 0 aromatic heterocycles. The van der Waals surface area contributed by atoms with Crippen molar-refractivity contribution in [2.75, 3.05) is 36.4 Å². The van der Waals surface area contributed by atoms with Crippen molar-refractivity contribution in [3.63, 3.8) is 0 Å². The number of amides is 1. The van der Waals surface area contributed by atoms with Crippen molar-refractivity contribution in [3.8, 4) is 0 Å². The summed E-state index contributed by atoms with van der Waals surface area (Å²) in [5.41, 5.74) is 5.84. The Hall–Kier alpha value is -3.85. The molecule has 0 spiro atoms. The zero-order valence-corrected chi connectivity index (χ0v) is 23.9. The summed E-state index contributed by atoms with van der Waals surface area (Å²) in [7, 11) is 0. The number of benzene rings is 2. The molecule has 4 heterocycles. The first-order chi connectivity index (χ1) is 19.8. The highest BCUT2D eigenvalue weighted by atomic mass is 19.3. The monoisotopic (exact) mass is 560 g/mol. The van der Waals surface area contributed by atoms with Crippen molar-refractivity contribution >= 4 is 23.0 Å². The lowest BCUT2D eigenvalue weighted by atomic mass is 10.0. The van der Waals surface area contributed by atoms with Gasteiger partial charge in [0.05, 0.1) is 11.4 Å². The second-order valence-corrected chi connectivity index (χ2v) is 11.3. The Morgan fingerprint density at radius 1 is 1.05 bits per heavy atom. The Morgan fingerprint density at radius 3 is 2.56 bits per heavy atom. The van der Waals surface area contributed by atoms with Crippen LogP contribution in [0.15, 0.2) is 66.6 Å². The fraction of sp³-hybridized carbons (Fsp3) is 0.406. The van der Waals surface area contributed by atoms with E-state index in [-0.39, 0.29) is 17.6 Å². The van der Waals surface area contributed by atoms with E-state index in [2.05, 4.69) is 44.5 Å². The summed E-state index contributed by atoms with van der Waals surface area (Å²) >= 11 is 0. The van der Waals surface area contributed by atoms with Crippen molar-refractivity contribution in [2.45, 2.75) is 58.3 Å². The van der Waals surface area contributed by atoms with Crippen molar-refractivity contribution in [1.82, 2.24) is 20.4 Å². The molecule has 6 rings (SSSR count). The highest BCUT2D eigenvalue weighted by molar-refractivity contribution is 5.98. The molecule has 2 aromatic rings. The molecule has 0 radical (unpaired) electrons. The summed E-state index contributed by atoms with van der Waals surface area (Å²) in [6, 6.07) is 11.8. The summed E-state index contributed by atoms with van der Waals surface area (Å²) in [5.74, 6) is -3.01. The minimum atomic E-state index is -2.98. The number of fused-ring (bicyclic) bond motifs is 2. The normalized spacial score (nSPS) is 20.4. The molecule has 4 aliphatic heterocycles. The van der Waals surface area contributed by atoms with Crippen molar-refractivity contribution in [1.29, 1.82) is 0 Å². The number of hydrogen-bond donors (Lipinski definition) is 3. The van der Waals surface area contributed by atoms with E-state index in [1.807, 2.05) is 54.9 Å². The first-order valence-electron chi connectivity index (χ1n) is 14.6. The first-order valence-corrected chi connectivity index (χ1v) is 14.6. The zero-order chi connectivity index (χ0) is 28.7. The van der Waals surface area contributed by atoms with Gasteiger partial charge in [0, 0.05) is 80.6 Å². The highest BCUT2D eigenvalue weighted by Crippen LogP contribution is 2.39. The third-order valence-electron chi connectivity index (χ3n) is 8.72. The average Bonchev–Trinajstić information content (AvgIpc) is 3.61. The lowest BCUT2D eigenvalue weighted by Gasteiger charge is -2.41. The quantitative estimate of drug-likeness (QED) is 0.402. The lowest BCUT2D eigenvalue weighted by molar-refractivity contribution is 0.0178. The van der Waals surface area contributed by atoms with Crippen LogP contribution in [-0.4, -0.2) is 54.1 Å². The van der Waals surface area contributed by atoms with Gasteiger partial charge in [0.2, 0.25) is 0 Å². The molecule has 41 heavy (non-hydrogen) atoms. The van der Waals surface area contributed by atoms with Gasteiger partial charge in [-0.1, -0.05) is 19.9 Å². The van der Waals surface area contributed by atoms with Gasteiger partial charge in [0.25, 0.3) is 11.8 Å². The second kappa shape index (κ2) is 10.9. The van der Waals surface area contributed by atoms with Gasteiger partial charge in [-0.3, -0.25) is 9.69 Å². The number of allylic oxidation sites excluding steroid dienone is 2. The van der Waals surface area contributed by atoms with E-state index in [1.54, 1.807) is 6.07 Å². The summed E-state index contributed by atoms with van der Waals surface area (Å²) in [6.45, 7) is 9.19. The van der Waals surface area contributed by atoms with Crippen LogP contribution in [0.25, 0.3) is 5.70 Å². The summed E-state index contributed by atoms with van der Waals surface area (Å²) < 4.78 is 29.9. The molecule has 1 fully saturated rings. The molecule has 7 nitrogen and oxygen atoms in total. The van der Waals surface area contributed by atoms with Gasteiger partial charge < -0.3 is 25.8 Å². The van der Waals surface area contributed by atoms with E-state index >= 15 is 0 Å². The molecule has 4 aliphatic rings. The second-order valence-electron chi connectivity index (χ2n) is 11.3. The van der Waals surface area contributed by atoms with Crippen LogP contribution in [0.4, 0.5) is 20.2 Å². The number of piperazine rings is 1. The average molecular weight is 561 g/mol. The van der Waals surface area contributed by atoms with E-state index in [1.165, 1.54) is 0 Å². The molecular formula is C32H38F2N6O. The predicted molar refractivity (Wildman–Crippen MR) is 159 cm³/mol. The molecule has 0 aliphatic carbocycles. The SMILES string of the molecule is CCC(CC)N1CCN(c2ccc(NC3=CC=C(c4ccc5c(c4)CNC5=O)N4C=CNC34)cc2C(C)(F)F)CC1. The summed E-state index contributed by atoms with van der Waals surface area (Å²) in [4.78, 5) is 18.7. The van der Waals surface area contributed by atoms with E-state index in [0.717, 1.165) is 74.0 Å². The number of halogens is 2. The van der Waals surface area contributed by atoms with Crippen LogP contribution in [0.1, 0.15) is 60.7 Å². The summed E-state index contributed by atoms with van der Waals surface area (Å²) in [5, 5.41) is 9.64. The Kier molecular flexibility index (Phi) is 7.23. The Balaban J connectivity index is 1.23. The molecular weight excluding hydrogens is 522 g/mol. The van der Waals surface area contributed by atoms with E-state index in [9.17, 15) is 13.6 Å². The van der Waals surface area contributed by atoms with Crippen molar-refractivity contribution in [3.05, 3.63) is 88.9 Å². The first kappa shape index (κ1) is 27.3. The molecule has 216 valence electrons. The molecule has 3 N–H and O–H groups in total. The maximum atomic E-state index is 15.0. The molecule has 2 aromatic carbocycles. The van der Waals surface area contributed by atoms with Gasteiger partial charge in [-0.15, -0.1) is 0 Å². The number of hydrogen-bond acceptors (Lipinski definition) is 6. The topological polar surface area (TPSA) is 62.9 Å². The number of carbonyl (C=O) groups is 1. The largest absolute Gasteiger partial charge is 0.369 e. The number of anilines is 2. The Bertz CT molecular complexity index is 1420. The van der Waals surface area contributed by atoms with E-state index in [4.69, 9.17) is 0 Å². The molecule has 1 unspecified atom stereocenters. The number of nitrogens with zero attached hydrogens (tertiary/aromatic N) is 3. The van der Waals surface area contributed by atoms with Gasteiger partial charge in [-0.05, 0) is 66.5 Å². The van der Waals surface area contributed by atoms with Crippen LogP contribution in [0.3, 0.4) is 0 Å². The maximum absolute atomic E-state index is 15.0. The molecule has 1 amide bonds. The number of carbonyl (C=O) groups excluding carboxylic acids is 1. The maximum Gasteiger partial charge on any atom is 0.272 e. The van der Waals surface area contributed by atoms with Gasteiger partial charge in [0.15, 0.2) is 0 Å². The van der Waals surface area contributed by atoms with Crippen LogP contribution in [-0.2, 0) is 12.5 Å². The number of rotatable bonds is 8. The number of nitrogens with one attached hydrogen (secondary N) is 3. The van der Waals surface area contributed by atoms with Gasteiger partial charge in [-0.25, -0.2) is 8.78 Å². The lowest BCUT2D eigenvalue weighted by Crippen LogP contribution is -2.50. The fourth-order valence-electron chi connectivity index (χ4n) is 6.47.